The number of ketones is 2. The Bertz CT molecular complexity index is 1780. The van der Waals surface area contributed by atoms with Crippen molar-refractivity contribution in [2.75, 3.05) is 6.61 Å². The number of carbonyl (C=O) groups is 6. The second-order valence-corrected chi connectivity index (χ2v) is 18.8. The van der Waals surface area contributed by atoms with Crippen LogP contribution in [0.15, 0.2) is 23.4 Å². The van der Waals surface area contributed by atoms with Crippen molar-refractivity contribution in [2.45, 2.75) is 139 Å². The Morgan fingerprint density at radius 2 is 1.43 bits per heavy atom. The molecule has 0 spiro atoms. The van der Waals surface area contributed by atoms with E-state index in [1.54, 1.807) is 6.08 Å². The highest BCUT2D eigenvalue weighted by Gasteiger charge is 2.71. The molecule has 0 amide bonds. The topological polar surface area (TPSA) is 153 Å². The molecule has 12 heteroatoms. The third-order valence-electron chi connectivity index (χ3n) is 14.8. The smallest absolute Gasteiger partial charge is 0.314 e. The molecule has 6 aliphatic rings. The number of rotatable bonds is 5. The van der Waals surface area contributed by atoms with Crippen LogP contribution < -0.4 is 0 Å². The van der Waals surface area contributed by atoms with E-state index in [0.717, 1.165) is 25.3 Å². The van der Waals surface area contributed by atoms with Crippen molar-refractivity contribution >= 4 is 35.4 Å². The number of hydrogen-bond acceptors (Lipinski definition) is 11. The first-order chi connectivity index (χ1) is 25.0. The lowest BCUT2D eigenvalue weighted by atomic mass is 9.34. The van der Waals surface area contributed by atoms with Gasteiger partial charge in [-0.25, -0.2) is 4.85 Å². The quantitative estimate of drug-likeness (QED) is 0.178. The Morgan fingerprint density at radius 3 is 2.04 bits per heavy atom. The van der Waals surface area contributed by atoms with Crippen molar-refractivity contribution in [3.63, 3.8) is 0 Å². The lowest BCUT2D eigenvalue weighted by Gasteiger charge is -2.69. The van der Waals surface area contributed by atoms with E-state index < -0.39 is 87.4 Å². The summed E-state index contributed by atoms with van der Waals surface area (Å²) < 4.78 is 28.5. The average molecular weight is 750 g/mol. The second kappa shape index (κ2) is 13.1. The van der Waals surface area contributed by atoms with Gasteiger partial charge in [-0.2, -0.15) is 0 Å². The van der Waals surface area contributed by atoms with Gasteiger partial charge < -0.3 is 28.5 Å². The molecule has 0 bridgehead atoms. The van der Waals surface area contributed by atoms with Crippen LogP contribution in [-0.2, 0) is 52.5 Å². The zero-order valence-corrected chi connectivity index (χ0v) is 33.3. The number of ether oxygens (including phenoxy) is 5. The number of hydrogen-bond donors (Lipinski definition) is 0. The van der Waals surface area contributed by atoms with Crippen molar-refractivity contribution in [1.29, 1.82) is 0 Å². The van der Waals surface area contributed by atoms with Crippen LogP contribution in [0.4, 0.5) is 0 Å². The van der Waals surface area contributed by atoms with Gasteiger partial charge in [0.1, 0.15) is 0 Å². The van der Waals surface area contributed by atoms with E-state index in [1.165, 1.54) is 13.8 Å². The fourth-order valence-electron chi connectivity index (χ4n) is 12.0. The molecule has 54 heavy (non-hydrogen) atoms. The van der Waals surface area contributed by atoms with Crippen LogP contribution in [0.5, 0.6) is 0 Å². The Balaban J connectivity index is 1.40. The minimum atomic E-state index is -1.47. The van der Waals surface area contributed by atoms with Gasteiger partial charge in [-0.3, -0.25) is 24.0 Å². The van der Waals surface area contributed by atoms with Crippen molar-refractivity contribution in [3.05, 3.63) is 34.8 Å². The molecule has 11 unspecified atom stereocenters. The molecule has 1 saturated heterocycles. The number of nitrogens with zero attached hydrogens (tertiary/aromatic N) is 1. The molecule has 11 atom stereocenters. The zero-order chi connectivity index (χ0) is 40.0. The number of esters is 4. The minimum absolute atomic E-state index is 0.0512. The van der Waals surface area contributed by atoms with E-state index in [0.29, 0.717) is 32.1 Å². The van der Waals surface area contributed by atoms with E-state index in [-0.39, 0.29) is 35.2 Å². The highest BCUT2D eigenvalue weighted by atomic mass is 16.7. The summed E-state index contributed by atoms with van der Waals surface area (Å²) in [5.74, 6) is -3.90. The molecule has 3 saturated carbocycles. The molecular formula is C42H55NO11. The lowest BCUT2D eigenvalue weighted by molar-refractivity contribution is -0.281. The molecule has 1 aliphatic heterocycles. The van der Waals surface area contributed by atoms with Crippen LogP contribution in [0.25, 0.3) is 4.85 Å². The summed E-state index contributed by atoms with van der Waals surface area (Å²) in [5.41, 5.74) is -2.63. The van der Waals surface area contributed by atoms with Crippen LogP contribution in [0.1, 0.15) is 114 Å². The molecule has 0 N–H and O–H groups in total. The van der Waals surface area contributed by atoms with Gasteiger partial charge in [-0.05, 0) is 79.1 Å². The fourth-order valence-corrected chi connectivity index (χ4v) is 12.0. The summed E-state index contributed by atoms with van der Waals surface area (Å²) in [6.07, 6.45) is 2.59. The molecule has 0 radical (unpaired) electrons. The maximum absolute atomic E-state index is 14.9. The van der Waals surface area contributed by atoms with Crippen LogP contribution in [-0.4, -0.2) is 66.7 Å². The predicted octanol–water partition coefficient (Wildman–Crippen LogP) is 6.25. The maximum atomic E-state index is 14.9. The third kappa shape index (κ3) is 5.95. The van der Waals surface area contributed by atoms with Crippen LogP contribution >= 0.6 is 0 Å². The second-order valence-electron chi connectivity index (χ2n) is 18.8. The van der Waals surface area contributed by atoms with Crippen LogP contribution in [0.3, 0.4) is 0 Å². The molecule has 0 aromatic carbocycles. The molecule has 12 nitrogen and oxygen atoms in total. The molecular weight excluding hydrogens is 694 g/mol. The number of carbonyl (C=O) groups excluding carboxylic acids is 6. The van der Waals surface area contributed by atoms with E-state index in [4.69, 9.17) is 30.3 Å². The predicted molar refractivity (Wildman–Crippen MR) is 192 cm³/mol. The summed E-state index contributed by atoms with van der Waals surface area (Å²) in [7, 11) is 0. The third-order valence-corrected chi connectivity index (χ3v) is 14.8. The van der Waals surface area contributed by atoms with E-state index in [2.05, 4.69) is 39.5 Å². The Kier molecular flexibility index (Phi) is 9.69. The monoisotopic (exact) mass is 749 g/mol. The van der Waals surface area contributed by atoms with E-state index in [9.17, 15) is 28.8 Å². The van der Waals surface area contributed by atoms with Gasteiger partial charge in [-0.15, -0.1) is 0 Å². The van der Waals surface area contributed by atoms with Crippen LogP contribution in [0, 0.1) is 56.8 Å². The first kappa shape index (κ1) is 39.8. The van der Waals surface area contributed by atoms with E-state index >= 15 is 0 Å². The Labute approximate surface area is 317 Å². The highest BCUT2D eigenvalue weighted by molar-refractivity contribution is 6.03. The van der Waals surface area contributed by atoms with Crippen molar-refractivity contribution in [2.24, 2.45) is 50.2 Å². The van der Waals surface area contributed by atoms with E-state index in [1.807, 2.05) is 19.9 Å². The Morgan fingerprint density at radius 1 is 0.815 bits per heavy atom. The van der Waals surface area contributed by atoms with Gasteiger partial charge in [0.05, 0.1) is 18.6 Å². The highest BCUT2D eigenvalue weighted by Crippen LogP contribution is 2.74. The minimum Gasteiger partial charge on any atom is -0.456 e. The van der Waals surface area contributed by atoms with Crippen molar-refractivity contribution in [3.8, 4) is 0 Å². The molecule has 4 fully saturated rings. The maximum Gasteiger partial charge on any atom is 0.314 e. The standard InChI is InChI=1S/C42H55NO11/c1-22(44)51-28-21-50-35(33(53-24(3)46)32(28)52-23(2)45)54-36(49)42-16-14-37(4,5)19-25(42)31-27(47)18-30-39(8)20-26(43-11)34(48)38(6,7)29(39)12-13-40(30,9)41(31,10)15-17-42/h18,20,25,28-29,31-33,35H,12-17,19,21H2,1-10H3. The summed E-state index contributed by atoms with van der Waals surface area (Å²) in [6, 6.07) is 0. The summed E-state index contributed by atoms with van der Waals surface area (Å²) in [4.78, 5) is 83.3. The SMILES string of the molecule is [C-]#[N+]C1=CC2(C)C3=CC(=O)C4C5CC(C)(C)CCC5(C(=O)OC5OCC(OC(C)=O)C(OC(C)=O)C5OC(C)=O)CCC4(C)C3(C)CCC2C(C)(C)C1=O. The molecule has 0 aromatic rings. The lowest BCUT2D eigenvalue weighted by Crippen LogP contribution is -2.66. The Hall–Kier alpha value is -3.85. The van der Waals surface area contributed by atoms with Gasteiger partial charge in [0, 0.05) is 37.5 Å². The van der Waals surface area contributed by atoms with Gasteiger partial charge in [0.15, 0.2) is 23.8 Å². The number of fused-ring (bicyclic) bond motifs is 7. The fraction of sp³-hybridized carbons (Fsp3) is 0.738. The van der Waals surface area contributed by atoms with Gasteiger partial charge in [0.25, 0.3) is 0 Å². The normalized spacial score (nSPS) is 41.8. The zero-order valence-electron chi connectivity index (χ0n) is 33.3. The first-order valence-electron chi connectivity index (χ1n) is 19.2. The largest absolute Gasteiger partial charge is 0.456 e. The van der Waals surface area contributed by atoms with Crippen LogP contribution in [0.2, 0.25) is 0 Å². The summed E-state index contributed by atoms with van der Waals surface area (Å²) in [5, 5.41) is 0. The van der Waals surface area contributed by atoms with Gasteiger partial charge in [-0.1, -0.05) is 60.1 Å². The summed E-state index contributed by atoms with van der Waals surface area (Å²) in [6.45, 7) is 25.8. The molecule has 5 aliphatic carbocycles. The van der Waals surface area contributed by atoms with Gasteiger partial charge in [0.2, 0.25) is 18.1 Å². The number of allylic oxidation sites excluding steroid dienone is 4. The molecule has 294 valence electrons. The molecule has 6 rings (SSSR count). The van der Waals surface area contributed by atoms with Gasteiger partial charge >= 0.3 is 23.9 Å². The summed E-state index contributed by atoms with van der Waals surface area (Å²) >= 11 is 0. The number of Topliss-reactive ketones (excluding diaryl/α,β-unsaturated/α-hetero) is 1. The average Bonchev–Trinajstić information content (AvgIpc) is 3.05. The van der Waals surface area contributed by atoms with Crippen molar-refractivity contribution in [1.82, 2.24) is 0 Å². The first-order valence-corrected chi connectivity index (χ1v) is 19.2. The molecule has 1 heterocycles. The molecule has 0 aromatic heterocycles. The van der Waals surface area contributed by atoms with Crippen molar-refractivity contribution < 1.29 is 52.5 Å².